The van der Waals surface area contributed by atoms with Crippen LogP contribution >= 0.6 is 11.6 Å². The normalized spacial score (nSPS) is 13.8. The summed E-state index contributed by atoms with van der Waals surface area (Å²) in [6, 6.07) is 18.4. The number of hydrogen-bond donors (Lipinski definition) is 1. The monoisotopic (exact) mass is 448 g/mol. The Hall–Kier alpha value is -3.09. The van der Waals surface area contributed by atoms with Gasteiger partial charge >= 0.3 is 0 Å². The average molecular weight is 449 g/mol. The number of halogens is 1. The smallest absolute Gasteiger partial charge is 0.213 e. The second kappa shape index (κ2) is 9.18. The molecule has 32 heavy (non-hydrogen) atoms. The van der Waals surface area contributed by atoms with E-state index in [1.165, 1.54) is 11.1 Å². The van der Waals surface area contributed by atoms with Crippen LogP contribution in [0.15, 0.2) is 60.8 Å². The lowest BCUT2D eigenvalue weighted by Crippen LogP contribution is -2.29. The van der Waals surface area contributed by atoms with Crippen LogP contribution in [-0.4, -0.2) is 27.7 Å². The molecular weight excluding hydrogens is 424 g/mol. The molecule has 2 aromatic carbocycles. The lowest BCUT2D eigenvalue weighted by atomic mass is 9.98. The van der Waals surface area contributed by atoms with Crippen LogP contribution in [0.4, 0.5) is 5.95 Å². The number of fused-ring (bicyclic) bond motifs is 1. The highest BCUT2D eigenvalue weighted by Gasteiger charge is 2.19. The predicted octanol–water partition coefficient (Wildman–Crippen LogP) is 5.00. The number of rotatable bonds is 8. The van der Waals surface area contributed by atoms with E-state index in [9.17, 15) is 0 Å². The first-order chi connectivity index (χ1) is 15.6. The van der Waals surface area contributed by atoms with Gasteiger partial charge in [0.1, 0.15) is 6.61 Å². The van der Waals surface area contributed by atoms with Crippen molar-refractivity contribution >= 4 is 28.6 Å². The first-order valence-corrected chi connectivity index (χ1v) is 11.1. The fourth-order valence-electron chi connectivity index (χ4n) is 3.80. The van der Waals surface area contributed by atoms with E-state index in [0.717, 1.165) is 42.2 Å². The third kappa shape index (κ3) is 4.71. The molecule has 1 aliphatic rings. The largest absolute Gasteiger partial charge is 0.473 e. The van der Waals surface area contributed by atoms with Gasteiger partial charge in [-0.05, 0) is 41.3 Å². The van der Waals surface area contributed by atoms with Gasteiger partial charge in [-0.15, -0.1) is 0 Å². The minimum atomic E-state index is 0.461. The molecule has 1 N–H and O–H groups in total. The second-order valence-electron chi connectivity index (χ2n) is 8.20. The van der Waals surface area contributed by atoms with E-state index in [2.05, 4.69) is 64.4 Å². The highest BCUT2D eigenvalue weighted by Crippen LogP contribution is 2.23. The van der Waals surface area contributed by atoms with Crippen LogP contribution < -0.4 is 10.1 Å². The number of hydrogen-bond acceptors (Lipinski definition) is 5. The van der Waals surface area contributed by atoms with E-state index in [1.807, 2.05) is 0 Å². The van der Waals surface area contributed by atoms with E-state index in [-0.39, 0.29) is 0 Å². The van der Waals surface area contributed by atoms with Gasteiger partial charge in [-0.25, -0.2) is 9.97 Å². The Balaban J connectivity index is 1.19. The second-order valence-corrected chi connectivity index (χ2v) is 8.63. The summed E-state index contributed by atoms with van der Waals surface area (Å²) in [5.41, 5.74) is 5.75. The summed E-state index contributed by atoms with van der Waals surface area (Å²) in [6.45, 7) is 2.91. The fraction of sp³-hybridized carbons (Fsp3) is 0.280. The van der Waals surface area contributed by atoms with E-state index in [1.54, 1.807) is 18.3 Å². The number of benzene rings is 2. The van der Waals surface area contributed by atoms with Gasteiger partial charge in [0.05, 0.1) is 29.3 Å². The molecule has 0 atom stereocenters. The van der Waals surface area contributed by atoms with Crippen LogP contribution in [0.1, 0.15) is 16.7 Å². The molecule has 0 saturated carbocycles. The van der Waals surface area contributed by atoms with Crippen molar-refractivity contribution in [3.05, 3.63) is 82.5 Å². The number of aryl methyl sites for hydroxylation is 1. The van der Waals surface area contributed by atoms with Gasteiger partial charge in [0, 0.05) is 31.8 Å². The van der Waals surface area contributed by atoms with Crippen molar-refractivity contribution in [2.75, 3.05) is 18.5 Å². The molecule has 0 bridgehead atoms. The lowest BCUT2D eigenvalue weighted by molar-refractivity contribution is -0.0312. The Labute approximate surface area is 192 Å². The van der Waals surface area contributed by atoms with Gasteiger partial charge < -0.3 is 19.4 Å². The maximum atomic E-state index is 5.85. The lowest BCUT2D eigenvalue weighted by Gasteiger charge is -2.25. The molecular formula is C25H25ClN4O2. The molecule has 0 amide bonds. The van der Waals surface area contributed by atoms with Crippen molar-refractivity contribution in [3.63, 3.8) is 0 Å². The van der Waals surface area contributed by atoms with Gasteiger partial charge in [0.2, 0.25) is 11.8 Å². The highest BCUT2D eigenvalue weighted by atomic mass is 35.5. The molecule has 6 nitrogen and oxygen atoms in total. The summed E-state index contributed by atoms with van der Waals surface area (Å²) < 4.78 is 13.1. The quantitative estimate of drug-likeness (QED) is 0.411. The molecule has 1 fully saturated rings. The Morgan fingerprint density at radius 3 is 2.56 bits per heavy atom. The third-order valence-corrected chi connectivity index (χ3v) is 5.96. The summed E-state index contributed by atoms with van der Waals surface area (Å²) in [6.07, 6.45) is 2.64. The zero-order valence-corrected chi connectivity index (χ0v) is 18.7. The van der Waals surface area contributed by atoms with Gasteiger partial charge in [0.15, 0.2) is 0 Å². The minimum Gasteiger partial charge on any atom is -0.473 e. The first kappa shape index (κ1) is 20.8. The zero-order valence-electron chi connectivity index (χ0n) is 17.9. The minimum absolute atomic E-state index is 0.461. The van der Waals surface area contributed by atoms with E-state index >= 15 is 0 Å². The molecule has 2 aromatic heterocycles. The summed E-state index contributed by atoms with van der Waals surface area (Å²) >= 11 is 5.85. The summed E-state index contributed by atoms with van der Waals surface area (Å²) in [5, 5.41) is 4.06. The number of pyridine rings is 1. The van der Waals surface area contributed by atoms with Crippen molar-refractivity contribution in [2.24, 2.45) is 13.0 Å². The number of anilines is 1. The van der Waals surface area contributed by atoms with Crippen LogP contribution in [-0.2, 0) is 31.4 Å². The van der Waals surface area contributed by atoms with Gasteiger partial charge in [0.25, 0.3) is 0 Å². The average Bonchev–Trinajstić information content (AvgIpc) is 3.10. The number of nitrogens with zero attached hydrogens (tertiary/aromatic N) is 3. The predicted molar refractivity (Wildman–Crippen MR) is 126 cm³/mol. The van der Waals surface area contributed by atoms with Crippen molar-refractivity contribution in [1.82, 2.24) is 14.5 Å². The number of nitrogens with one attached hydrogen (secondary N) is 1. The Morgan fingerprint density at radius 2 is 1.84 bits per heavy atom. The topological polar surface area (TPSA) is 61.2 Å². The van der Waals surface area contributed by atoms with Crippen LogP contribution in [0.2, 0.25) is 5.02 Å². The first-order valence-electron chi connectivity index (χ1n) is 10.7. The van der Waals surface area contributed by atoms with Gasteiger partial charge in [-0.2, -0.15) is 0 Å². The number of aromatic nitrogens is 3. The van der Waals surface area contributed by atoms with Crippen LogP contribution in [0.25, 0.3) is 11.0 Å². The summed E-state index contributed by atoms with van der Waals surface area (Å²) in [7, 11) is 2.05. The van der Waals surface area contributed by atoms with Crippen LogP contribution in [0, 0.1) is 5.92 Å². The van der Waals surface area contributed by atoms with Crippen LogP contribution in [0.5, 0.6) is 5.88 Å². The molecule has 0 unspecified atom stereocenters. The van der Waals surface area contributed by atoms with Gasteiger partial charge in [-0.3, -0.25) is 0 Å². The Bertz CT molecular complexity index is 1200. The van der Waals surface area contributed by atoms with E-state index < -0.39 is 0 Å². The molecule has 164 valence electrons. The molecule has 5 rings (SSSR count). The molecule has 3 heterocycles. The van der Waals surface area contributed by atoms with Crippen LogP contribution in [0.3, 0.4) is 0 Å². The fourth-order valence-corrected chi connectivity index (χ4v) is 3.91. The number of ether oxygens (including phenoxy) is 2. The molecule has 0 aliphatic carbocycles. The van der Waals surface area contributed by atoms with Crippen molar-refractivity contribution < 1.29 is 9.47 Å². The third-order valence-electron chi connectivity index (χ3n) is 5.74. The Morgan fingerprint density at radius 1 is 1.06 bits per heavy atom. The zero-order chi connectivity index (χ0) is 21.9. The maximum absolute atomic E-state index is 5.85. The molecule has 1 saturated heterocycles. The highest BCUT2D eigenvalue weighted by molar-refractivity contribution is 6.30. The van der Waals surface area contributed by atoms with Crippen molar-refractivity contribution in [3.8, 4) is 5.88 Å². The number of imidazole rings is 1. The summed E-state index contributed by atoms with van der Waals surface area (Å²) in [4.78, 5) is 8.91. The molecule has 1 aliphatic heterocycles. The standard InChI is InChI=1S/C25H25ClN4O2/c1-30-23-11-19(10-20-14-31-15-20)6-8-22(23)29-25(30)28-12-17-2-4-18(5-3-17)16-32-24-9-7-21(26)13-27-24/h2-9,11,13,20H,10,12,14-16H2,1H3,(H,28,29). The van der Waals surface area contributed by atoms with Crippen molar-refractivity contribution in [1.29, 1.82) is 0 Å². The van der Waals surface area contributed by atoms with Gasteiger partial charge in [-0.1, -0.05) is 41.9 Å². The SMILES string of the molecule is Cn1c(NCc2ccc(COc3ccc(Cl)cn3)cc2)nc2ccc(CC3COC3)cc21. The molecule has 7 heteroatoms. The van der Waals surface area contributed by atoms with E-state index in [4.69, 9.17) is 26.1 Å². The Kier molecular flexibility index (Phi) is 5.97. The maximum Gasteiger partial charge on any atom is 0.213 e. The molecule has 0 radical (unpaired) electrons. The molecule has 4 aromatic rings. The van der Waals surface area contributed by atoms with E-state index in [0.29, 0.717) is 30.0 Å². The van der Waals surface area contributed by atoms with Crippen molar-refractivity contribution in [2.45, 2.75) is 19.6 Å². The molecule has 0 spiro atoms. The summed E-state index contributed by atoms with van der Waals surface area (Å²) in [5.74, 6) is 2.07.